The molecule has 3 rings (SSSR count). The first-order chi connectivity index (χ1) is 11.2. The van der Waals surface area contributed by atoms with Crippen LogP contribution in [0, 0.1) is 0 Å². The van der Waals surface area contributed by atoms with Gasteiger partial charge in [0.15, 0.2) is 0 Å². The van der Waals surface area contributed by atoms with Crippen molar-refractivity contribution in [1.29, 1.82) is 0 Å². The lowest BCUT2D eigenvalue weighted by Gasteiger charge is -2.40. The van der Waals surface area contributed by atoms with Crippen LogP contribution in [0.5, 0.6) is 5.75 Å². The second-order valence-electron chi connectivity index (χ2n) is 6.40. The standard InChI is InChI=1S/C18H26N2O3/c1-2-23-18(9-5-6-10-18)17(22)20-13-11-19(12-14-20)15-7-3-4-8-16(15)21/h3-4,7-8,21H,2,5-6,9-14H2,1H3. The van der Waals surface area contributed by atoms with Gasteiger partial charge in [-0.2, -0.15) is 0 Å². The van der Waals surface area contributed by atoms with Gasteiger partial charge in [0.25, 0.3) is 5.91 Å². The van der Waals surface area contributed by atoms with E-state index in [-0.39, 0.29) is 5.91 Å². The first-order valence-corrected chi connectivity index (χ1v) is 8.62. The third-order valence-electron chi connectivity index (χ3n) is 5.01. The number of amides is 1. The minimum Gasteiger partial charge on any atom is -0.506 e. The Labute approximate surface area is 137 Å². The number of piperazine rings is 1. The molecule has 0 unspecified atom stereocenters. The van der Waals surface area contributed by atoms with Gasteiger partial charge in [-0.25, -0.2) is 0 Å². The highest BCUT2D eigenvalue weighted by Crippen LogP contribution is 2.35. The fourth-order valence-corrected chi connectivity index (χ4v) is 3.81. The zero-order valence-electron chi connectivity index (χ0n) is 13.8. The number of aromatic hydroxyl groups is 1. The van der Waals surface area contributed by atoms with Crippen LogP contribution in [0.3, 0.4) is 0 Å². The molecular formula is C18H26N2O3. The van der Waals surface area contributed by atoms with Crippen molar-refractivity contribution in [3.05, 3.63) is 24.3 Å². The van der Waals surface area contributed by atoms with Crippen molar-refractivity contribution in [2.75, 3.05) is 37.7 Å². The normalized spacial score (nSPS) is 20.7. The summed E-state index contributed by atoms with van der Waals surface area (Å²) >= 11 is 0. The van der Waals surface area contributed by atoms with Crippen LogP contribution in [-0.2, 0) is 9.53 Å². The average Bonchev–Trinajstić information content (AvgIpc) is 3.05. The SMILES string of the molecule is CCOC1(C(=O)N2CCN(c3ccccc3O)CC2)CCCC1. The van der Waals surface area contributed by atoms with Gasteiger partial charge in [0.05, 0.1) is 5.69 Å². The first kappa shape index (κ1) is 16.1. The predicted molar refractivity (Wildman–Crippen MR) is 89.7 cm³/mol. The molecule has 23 heavy (non-hydrogen) atoms. The molecule has 2 fully saturated rings. The smallest absolute Gasteiger partial charge is 0.254 e. The summed E-state index contributed by atoms with van der Waals surface area (Å²) < 4.78 is 5.89. The Bertz CT molecular complexity index is 547. The van der Waals surface area contributed by atoms with E-state index >= 15 is 0 Å². The Hall–Kier alpha value is -1.75. The third kappa shape index (κ3) is 3.15. The minimum absolute atomic E-state index is 0.161. The van der Waals surface area contributed by atoms with Crippen molar-refractivity contribution >= 4 is 11.6 Å². The highest BCUT2D eigenvalue weighted by Gasteiger charge is 2.44. The highest BCUT2D eigenvalue weighted by molar-refractivity contribution is 5.86. The molecule has 1 aromatic rings. The lowest BCUT2D eigenvalue weighted by Crippen LogP contribution is -2.56. The van der Waals surface area contributed by atoms with Gasteiger partial charge in [0.2, 0.25) is 0 Å². The number of nitrogens with zero attached hydrogens (tertiary/aromatic N) is 2. The Morgan fingerprint density at radius 3 is 2.43 bits per heavy atom. The van der Waals surface area contributed by atoms with Crippen molar-refractivity contribution in [3.63, 3.8) is 0 Å². The van der Waals surface area contributed by atoms with Crippen molar-refractivity contribution in [1.82, 2.24) is 4.90 Å². The fraction of sp³-hybridized carbons (Fsp3) is 0.611. The monoisotopic (exact) mass is 318 g/mol. The van der Waals surface area contributed by atoms with Gasteiger partial charge in [-0.15, -0.1) is 0 Å². The molecule has 0 radical (unpaired) electrons. The number of carbonyl (C=O) groups excluding carboxylic acids is 1. The summed E-state index contributed by atoms with van der Waals surface area (Å²) in [6, 6.07) is 7.38. The van der Waals surface area contributed by atoms with Crippen LogP contribution < -0.4 is 4.90 Å². The van der Waals surface area contributed by atoms with Gasteiger partial charge in [-0.05, 0) is 44.7 Å². The number of hydrogen-bond donors (Lipinski definition) is 1. The van der Waals surface area contributed by atoms with E-state index in [1.807, 2.05) is 30.0 Å². The van der Waals surface area contributed by atoms with Gasteiger partial charge in [0, 0.05) is 32.8 Å². The van der Waals surface area contributed by atoms with Crippen LogP contribution in [0.2, 0.25) is 0 Å². The molecule has 1 aromatic carbocycles. The number of rotatable bonds is 4. The lowest BCUT2D eigenvalue weighted by atomic mass is 9.99. The summed E-state index contributed by atoms with van der Waals surface area (Å²) in [4.78, 5) is 17.0. The molecule has 0 spiro atoms. The van der Waals surface area contributed by atoms with Crippen LogP contribution >= 0.6 is 0 Å². The maximum atomic E-state index is 13.0. The van der Waals surface area contributed by atoms with E-state index in [1.54, 1.807) is 6.07 Å². The van der Waals surface area contributed by atoms with Crippen molar-refractivity contribution < 1.29 is 14.6 Å². The lowest BCUT2D eigenvalue weighted by molar-refractivity contribution is -0.157. The topological polar surface area (TPSA) is 53.0 Å². The molecule has 2 aliphatic rings. The first-order valence-electron chi connectivity index (χ1n) is 8.62. The number of anilines is 1. The number of ether oxygens (including phenoxy) is 1. The Morgan fingerprint density at radius 1 is 1.17 bits per heavy atom. The van der Waals surface area contributed by atoms with Crippen LogP contribution in [-0.4, -0.2) is 54.3 Å². The molecule has 0 aromatic heterocycles. The number of para-hydroxylation sites is 2. The Balaban J connectivity index is 1.64. The largest absolute Gasteiger partial charge is 0.506 e. The average molecular weight is 318 g/mol. The van der Waals surface area contributed by atoms with Crippen LogP contribution in [0.15, 0.2) is 24.3 Å². The number of phenolic OH excluding ortho intramolecular Hbond substituents is 1. The van der Waals surface area contributed by atoms with Crippen molar-refractivity contribution in [2.45, 2.75) is 38.2 Å². The summed E-state index contributed by atoms with van der Waals surface area (Å²) in [6.45, 7) is 5.40. The van der Waals surface area contributed by atoms with E-state index in [1.165, 1.54) is 0 Å². The Kier molecular flexibility index (Phi) is 4.76. The summed E-state index contributed by atoms with van der Waals surface area (Å²) in [5.41, 5.74) is 0.270. The molecule has 0 bridgehead atoms. The van der Waals surface area contributed by atoms with Crippen LogP contribution in [0.1, 0.15) is 32.6 Å². The molecule has 1 heterocycles. The second-order valence-corrected chi connectivity index (χ2v) is 6.40. The molecule has 1 aliphatic heterocycles. The zero-order chi connectivity index (χ0) is 16.3. The highest BCUT2D eigenvalue weighted by atomic mass is 16.5. The van der Waals surface area contributed by atoms with E-state index in [0.717, 1.165) is 44.5 Å². The molecule has 1 saturated carbocycles. The van der Waals surface area contributed by atoms with Crippen molar-refractivity contribution in [3.8, 4) is 5.75 Å². The number of carbonyl (C=O) groups is 1. The molecule has 1 aliphatic carbocycles. The molecule has 0 atom stereocenters. The van der Waals surface area contributed by atoms with Gasteiger partial charge in [-0.3, -0.25) is 4.79 Å². The van der Waals surface area contributed by atoms with Crippen LogP contribution in [0.25, 0.3) is 0 Å². The molecule has 1 N–H and O–H groups in total. The molecule has 1 amide bonds. The number of phenols is 1. The molecule has 5 nitrogen and oxygen atoms in total. The van der Waals surface area contributed by atoms with E-state index in [4.69, 9.17) is 4.74 Å². The maximum absolute atomic E-state index is 13.0. The van der Waals surface area contributed by atoms with E-state index in [2.05, 4.69) is 4.90 Å². The van der Waals surface area contributed by atoms with Gasteiger partial charge < -0.3 is 19.6 Å². The van der Waals surface area contributed by atoms with Gasteiger partial charge in [-0.1, -0.05) is 12.1 Å². The van der Waals surface area contributed by atoms with E-state index in [9.17, 15) is 9.90 Å². The predicted octanol–water partition coefficient (Wildman–Crippen LogP) is 2.39. The van der Waals surface area contributed by atoms with E-state index in [0.29, 0.717) is 25.4 Å². The number of benzene rings is 1. The van der Waals surface area contributed by atoms with Crippen molar-refractivity contribution in [2.24, 2.45) is 0 Å². The summed E-state index contributed by atoms with van der Waals surface area (Å²) in [5.74, 6) is 0.461. The second kappa shape index (κ2) is 6.79. The summed E-state index contributed by atoms with van der Waals surface area (Å²) in [5, 5.41) is 9.98. The minimum atomic E-state index is -0.578. The fourth-order valence-electron chi connectivity index (χ4n) is 3.81. The number of hydrogen-bond acceptors (Lipinski definition) is 4. The van der Waals surface area contributed by atoms with Gasteiger partial charge in [0.1, 0.15) is 11.4 Å². The summed E-state index contributed by atoms with van der Waals surface area (Å²) in [7, 11) is 0. The molecule has 126 valence electrons. The Morgan fingerprint density at radius 2 is 1.83 bits per heavy atom. The molecule has 1 saturated heterocycles. The van der Waals surface area contributed by atoms with Crippen LogP contribution in [0.4, 0.5) is 5.69 Å². The van der Waals surface area contributed by atoms with E-state index < -0.39 is 5.60 Å². The molecule has 5 heteroatoms. The summed E-state index contributed by atoms with van der Waals surface area (Å²) in [6.07, 6.45) is 3.84. The zero-order valence-corrected chi connectivity index (χ0v) is 13.8. The van der Waals surface area contributed by atoms with Gasteiger partial charge >= 0.3 is 0 Å². The molecular weight excluding hydrogens is 292 g/mol. The quantitative estimate of drug-likeness (QED) is 0.926. The maximum Gasteiger partial charge on any atom is 0.254 e. The third-order valence-corrected chi connectivity index (χ3v) is 5.01.